The summed E-state index contributed by atoms with van der Waals surface area (Å²) in [4.78, 5) is 2.22. The molecule has 1 rings (SSSR count). The Kier molecular flexibility index (Phi) is 5.29. The summed E-state index contributed by atoms with van der Waals surface area (Å²) < 4.78 is 0. The fourth-order valence-electron chi connectivity index (χ4n) is 2.10. The molecule has 0 amide bonds. The number of rotatable bonds is 6. The van der Waals surface area contributed by atoms with Crippen molar-refractivity contribution in [2.24, 2.45) is 0 Å². The van der Waals surface area contributed by atoms with Gasteiger partial charge in [0.15, 0.2) is 0 Å². The third-order valence-corrected chi connectivity index (χ3v) is 3.12. The monoisotopic (exact) mass is 236 g/mol. The third-order valence-electron chi connectivity index (χ3n) is 3.12. The normalized spacial score (nSPS) is 12.5. The van der Waals surface area contributed by atoms with Crippen molar-refractivity contribution >= 4 is 5.69 Å². The van der Waals surface area contributed by atoms with E-state index in [-0.39, 0.29) is 6.04 Å². The Labute approximate surface area is 104 Å². The molecule has 1 aromatic carbocycles. The topological polar surface area (TPSA) is 35.5 Å². The Balaban J connectivity index is 2.92. The molecule has 2 N–H and O–H groups in total. The quantitative estimate of drug-likeness (QED) is 0.797. The van der Waals surface area contributed by atoms with Gasteiger partial charge in [-0.25, -0.2) is 0 Å². The predicted octanol–water partition coefficient (Wildman–Crippen LogP) is 2.91. The molecule has 96 valence electrons. The molecule has 17 heavy (non-hydrogen) atoms. The van der Waals surface area contributed by atoms with Gasteiger partial charge in [0.2, 0.25) is 0 Å². The van der Waals surface area contributed by atoms with Crippen LogP contribution in [0.25, 0.3) is 0 Å². The molecule has 0 saturated heterocycles. The number of anilines is 1. The molecular formula is C14H24N2O. The number of aromatic hydroxyl groups is 1. The van der Waals surface area contributed by atoms with Gasteiger partial charge in [0, 0.05) is 36.4 Å². The van der Waals surface area contributed by atoms with Crippen LogP contribution in [0.2, 0.25) is 0 Å². The van der Waals surface area contributed by atoms with Crippen molar-refractivity contribution in [1.29, 1.82) is 0 Å². The van der Waals surface area contributed by atoms with Crippen LogP contribution < -0.4 is 10.2 Å². The second-order valence-electron chi connectivity index (χ2n) is 4.19. The minimum Gasteiger partial charge on any atom is -0.508 e. The smallest absolute Gasteiger partial charge is 0.122 e. The molecule has 0 aliphatic heterocycles. The van der Waals surface area contributed by atoms with Gasteiger partial charge in [-0.2, -0.15) is 0 Å². The van der Waals surface area contributed by atoms with E-state index >= 15 is 0 Å². The summed E-state index contributed by atoms with van der Waals surface area (Å²) in [5.74, 6) is 0.378. The second-order valence-corrected chi connectivity index (χ2v) is 4.19. The minimum absolute atomic E-state index is 0.186. The van der Waals surface area contributed by atoms with E-state index in [0.29, 0.717) is 5.75 Å². The van der Waals surface area contributed by atoms with Crippen LogP contribution in [0.4, 0.5) is 5.69 Å². The summed E-state index contributed by atoms with van der Waals surface area (Å²) in [5.41, 5.74) is 2.04. The van der Waals surface area contributed by atoms with Gasteiger partial charge in [0.05, 0.1) is 0 Å². The Bertz CT molecular complexity index is 348. The molecule has 0 fully saturated rings. The van der Waals surface area contributed by atoms with Crippen LogP contribution >= 0.6 is 0 Å². The van der Waals surface area contributed by atoms with Gasteiger partial charge < -0.3 is 15.3 Å². The van der Waals surface area contributed by atoms with Gasteiger partial charge >= 0.3 is 0 Å². The van der Waals surface area contributed by atoms with Crippen LogP contribution in [-0.2, 0) is 0 Å². The molecular weight excluding hydrogens is 212 g/mol. The van der Waals surface area contributed by atoms with E-state index in [1.165, 1.54) is 0 Å². The molecule has 0 saturated carbocycles. The fraction of sp³-hybridized carbons (Fsp3) is 0.571. The number of phenols is 1. The zero-order valence-electron chi connectivity index (χ0n) is 11.3. The number of phenolic OH excluding ortho intramolecular Hbond substituents is 1. The molecule has 3 nitrogen and oxygen atoms in total. The van der Waals surface area contributed by atoms with Crippen molar-refractivity contribution in [2.45, 2.75) is 33.7 Å². The average molecular weight is 236 g/mol. The first kappa shape index (κ1) is 13.8. The standard InChI is InChI=1S/C14H24N2O/c1-5-15-11(4)13-9-8-12(10-14(13)17)16(6-2)7-3/h8-11,15,17H,5-7H2,1-4H3. The lowest BCUT2D eigenvalue weighted by molar-refractivity contribution is 0.454. The largest absolute Gasteiger partial charge is 0.508 e. The first-order valence-corrected chi connectivity index (χ1v) is 6.45. The maximum Gasteiger partial charge on any atom is 0.122 e. The van der Waals surface area contributed by atoms with Crippen LogP contribution in [0, 0.1) is 0 Å². The van der Waals surface area contributed by atoms with Crippen LogP contribution in [0.5, 0.6) is 5.75 Å². The fourth-order valence-corrected chi connectivity index (χ4v) is 2.10. The van der Waals surface area contributed by atoms with E-state index < -0.39 is 0 Å². The van der Waals surface area contributed by atoms with Crippen LogP contribution in [0.3, 0.4) is 0 Å². The Morgan fingerprint density at radius 1 is 1.24 bits per heavy atom. The molecule has 1 aromatic rings. The summed E-state index contributed by atoms with van der Waals surface area (Å²) in [6.07, 6.45) is 0. The lowest BCUT2D eigenvalue weighted by Crippen LogP contribution is -2.22. The number of hydrogen-bond acceptors (Lipinski definition) is 3. The van der Waals surface area contributed by atoms with E-state index in [0.717, 1.165) is 30.9 Å². The molecule has 0 heterocycles. The molecule has 1 atom stereocenters. The molecule has 3 heteroatoms. The Morgan fingerprint density at radius 2 is 1.88 bits per heavy atom. The van der Waals surface area contributed by atoms with Crippen LogP contribution in [0.1, 0.15) is 39.3 Å². The third kappa shape index (κ3) is 3.37. The van der Waals surface area contributed by atoms with Gasteiger partial charge in [0.1, 0.15) is 5.75 Å². The van der Waals surface area contributed by atoms with Gasteiger partial charge in [-0.1, -0.05) is 13.0 Å². The summed E-state index contributed by atoms with van der Waals surface area (Å²) in [6.45, 7) is 11.2. The molecule has 0 radical (unpaired) electrons. The van der Waals surface area contributed by atoms with E-state index in [1.807, 2.05) is 12.1 Å². The first-order valence-electron chi connectivity index (χ1n) is 6.45. The van der Waals surface area contributed by atoms with Crippen molar-refractivity contribution < 1.29 is 5.11 Å². The number of hydrogen-bond donors (Lipinski definition) is 2. The predicted molar refractivity (Wildman–Crippen MR) is 73.8 cm³/mol. The van der Waals surface area contributed by atoms with Gasteiger partial charge in [-0.3, -0.25) is 0 Å². The summed E-state index contributed by atoms with van der Waals surface area (Å²) in [6, 6.07) is 6.13. The zero-order chi connectivity index (χ0) is 12.8. The highest BCUT2D eigenvalue weighted by Crippen LogP contribution is 2.28. The van der Waals surface area contributed by atoms with Crippen molar-refractivity contribution in [3.05, 3.63) is 23.8 Å². The highest BCUT2D eigenvalue weighted by molar-refractivity contribution is 5.53. The number of benzene rings is 1. The van der Waals surface area contributed by atoms with Gasteiger partial charge in [-0.05, 0) is 33.4 Å². The number of nitrogens with one attached hydrogen (secondary N) is 1. The van der Waals surface area contributed by atoms with E-state index in [9.17, 15) is 5.11 Å². The zero-order valence-corrected chi connectivity index (χ0v) is 11.3. The van der Waals surface area contributed by atoms with Gasteiger partial charge in [-0.15, -0.1) is 0 Å². The molecule has 0 spiro atoms. The summed E-state index contributed by atoms with van der Waals surface area (Å²) >= 11 is 0. The van der Waals surface area contributed by atoms with Gasteiger partial charge in [0.25, 0.3) is 0 Å². The molecule has 0 bridgehead atoms. The molecule has 0 aliphatic rings. The van der Waals surface area contributed by atoms with E-state index in [2.05, 4.69) is 44.0 Å². The van der Waals surface area contributed by atoms with E-state index in [1.54, 1.807) is 0 Å². The lowest BCUT2D eigenvalue weighted by Gasteiger charge is -2.22. The first-order chi connectivity index (χ1) is 8.13. The second kappa shape index (κ2) is 6.50. The highest BCUT2D eigenvalue weighted by Gasteiger charge is 2.11. The SMILES string of the molecule is CCNC(C)c1ccc(N(CC)CC)cc1O. The lowest BCUT2D eigenvalue weighted by atomic mass is 10.1. The van der Waals surface area contributed by atoms with Crippen molar-refractivity contribution in [1.82, 2.24) is 5.32 Å². The maximum absolute atomic E-state index is 10.1. The van der Waals surface area contributed by atoms with Crippen molar-refractivity contribution in [3.63, 3.8) is 0 Å². The van der Waals surface area contributed by atoms with Crippen LogP contribution in [0.15, 0.2) is 18.2 Å². The molecule has 1 unspecified atom stereocenters. The van der Waals surface area contributed by atoms with Crippen molar-refractivity contribution in [3.8, 4) is 5.75 Å². The summed E-state index contributed by atoms with van der Waals surface area (Å²) in [5, 5.41) is 13.4. The van der Waals surface area contributed by atoms with Crippen molar-refractivity contribution in [2.75, 3.05) is 24.5 Å². The number of nitrogens with zero attached hydrogens (tertiary/aromatic N) is 1. The Morgan fingerprint density at radius 3 is 2.35 bits per heavy atom. The highest BCUT2D eigenvalue weighted by atomic mass is 16.3. The van der Waals surface area contributed by atoms with Crippen LogP contribution in [-0.4, -0.2) is 24.7 Å². The minimum atomic E-state index is 0.186. The van der Waals surface area contributed by atoms with E-state index in [4.69, 9.17) is 0 Å². The summed E-state index contributed by atoms with van der Waals surface area (Å²) in [7, 11) is 0. The Hall–Kier alpha value is -1.22. The molecule has 0 aliphatic carbocycles. The molecule has 0 aromatic heterocycles. The average Bonchev–Trinajstić information content (AvgIpc) is 2.31. The maximum atomic E-state index is 10.1.